The van der Waals surface area contributed by atoms with E-state index in [2.05, 4.69) is 20.3 Å². The standard InChI is InChI=1S/C16H23N5OS/c1-13(16(22)18-9-15-6-4-8-23-15)21-7-3-2-5-14(21)10-20-12-17-11-19-20/h4,6,8,11-14H,2-3,5,7,9-10H2,1H3,(H,18,22)/t13-,14+/m0/s1. The fourth-order valence-electron chi connectivity index (χ4n) is 3.16. The van der Waals surface area contributed by atoms with Crippen molar-refractivity contribution < 1.29 is 4.79 Å². The number of piperidine rings is 1. The van der Waals surface area contributed by atoms with Crippen molar-refractivity contribution in [2.45, 2.75) is 51.4 Å². The van der Waals surface area contributed by atoms with Gasteiger partial charge in [0.15, 0.2) is 0 Å². The van der Waals surface area contributed by atoms with Gasteiger partial charge in [0.2, 0.25) is 5.91 Å². The average Bonchev–Trinajstić information content (AvgIpc) is 3.26. The lowest BCUT2D eigenvalue weighted by Gasteiger charge is -2.39. The van der Waals surface area contributed by atoms with Crippen LogP contribution in [0.15, 0.2) is 30.2 Å². The number of nitrogens with one attached hydrogen (secondary N) is 1. The zero-order valence-corrected chi connectivity index (χ0v) is 14.2. The maximum Gasteiger partial charge on any atom is 0.237 e. The first kappa shape index (κ1) is 16.1. The molecular formula is C16H23N5OS. The molecule has 1 fully saturated rings. The first-order chi connectivity index (χ1) is 11.2. The molecule has 6 nitrogen and oxygen atoms in total. The Kier molecular flexibility index (Phi) is 5.40. The Morgan fingerprint density at radius 2 is 2.43 bits per heavy atom. The quantitative estimate of drug-likeness (QED) is 0.877. The van der Waals surface area contributed by atoms with E-state index in [0.29, 0.717) is 12.6 Å². The van der Waals surface area contributed by atoms with Crippen LogP contribution in [0, 0.1) is 0 Å². The Morgan fingerprint density at radius 3 is 3.17 bits per heavy atom. The van der Waals surface area contributed by atoms with Crippen LogP contribution in [0.1, 0.15) is 31.1 Å². The fourth-order valence-corrected chi connectivity index (χ4v) is 3.80. The zero-order chi connectivity index (χ0) is 16.1. The smallest absolute Gasteiger partial charge is 0.237 e. The molecule has 3 rings (SSSR count). The van der Waals surface area contributed by atoms with Crippen molar-refractivity contribution in [3.8, 4) is 0 Å². The maximum absolute atomic E-state index is 12.5. The Bertz CT molecular complexity index is 598. The van der Waals surface area contributed by atoms with E-state index >= 15 is 0 Å². The van der Waals surface area contributed by atoms with E-state index in [9.17, 15) is 4.79 Å². The van der Waals surface area contributed by atoms with E-state index in [1.54, 1.807) is 24.0 Å². The highest BCUT2D eigenvalue weighted by molar-refractivity contribution is 7.09. The topological polar surface area (TPSA) is 63.1 Å². The van der Waals surface area contributed by atoms with Crippen LogP contribution in [0.5, 0.6) is 0 Å². The average molecular weight is 333 g/mol. The van der Waals surface area contributed by atoms with Crippen molar-refractivity contribution in [2.24, 2.45) is 0 Å². The van der Waals surface area contributed by atoms with Gasteiger partial charge in [0.05, 0.1) is 19.1 Å². The maximum atomic E-state index is 12.5. The Labute approximate surface area is 140 Å². The van der Waals surface area contributed by atoms with Crippen LogP contribution in [0.3, 0.4) is 0 Å². The fraction of sp³-hybridized carbons (Fsp3) is 0.562. The monoisotopic (exact) mass is 333 g/mol. The number of nitrogens with zero attached hydrogens (tertiary/aromatic N) is 4. The Hall–Kier alpha value is -1.73. The number of carbonyl (C=O) groups is 1. The molecule has 0 radical (unpaired) electrons. The minimum Gasteiger partial charge on any atom is -0.350 e. The number of thiophene rings is 1. The number of likely N-dealkylation sites (tertiary alicyclic amines) is 1. The van der Waals surface area contributed by atoms with E-state index in [4.69, 9.17) is 0 Å². The summed E-state index contributed by atoms with van der Waals surface area (Å²) in [7, 11) is 0. The summed E-state index contributed by atoms with van der Waals surface area (Å²) in [4.78, 5) is 20.0. The molecule has 2 aromatic rings. The number of hydrogen-bond acceptors (Lipinski definition) is 5. The highest BCUT2D eigenvalue weighted by Gasteiger charge is 2.30. The third-order valence-electron chi connectivity index (χ3n) is 4.43. The van der Waals surface area contributed by atoms with Gasteiger partial charge in [0.1, 0.15) is 12.7 Å². The van der Waals surface area contributed by atoms with Crippen LogP contribution >= 0.6 is 11.3 Å². The van der Waals surface area contributed by atoms with Crippen molar-refractivity contribution in [2.75, 3.05) is 6.54 Å². The highest BCUT2D eigenvalue weighted by Crippen LogP contribution is 2.21. The van der Waals surface area contributed by atoms with E-state index < -0.39 is 0 Å². The van der Waals surface area contributed by atoms with E-state index in [-0.39, 0.29) is 11.9 Å². The van der Waals surface area contributed by atoms with Crippen LogP contribution in [0.4, 0.5) is 0 Å². The van der Waals surface area contributed by atoms with Gasteiger partial charge in [0, 0.05) is 10.9 Å². The van der Waals surface area contributed by atoms with Gasteiger partial charge in [-0.15, -0.1) is 11.3 Å². The van der Waals surface area contributed by atoms with E-state index in [0.717, 1.165) is 25.9 Å². The lowest BCUT2D eigenvalue weighted by Crippen LogP contribution is -2.52. The van der Waals surface area contributed by atoms with Gasteiger partial charge >= 0.3 is 0 Å². The molecule has 1 aliphatic rings. The summed E-state index contributed by atoms with van der Waals surface area (Å²) in [6, 6.07) is 4.27. The largest absolute Gasteiger partial charge is 0.350 e. The molecule has 23 heavy (non-hydrogen) atoms. The van der Waals surface area contributed by atoms with Gasteiger partial charge in [-0.3, -0.25) is 14.4 Å². The SMILES string of the molecule is C[C@@H](C(=O)NCc1cccs1)N1CCCC[C@@H]1Cn1cncn1. The van der Waals surface area contributed by atoms with Crippen LogP contribution in [0.2, 0.25) is 0 Å². The molecule has 0 spiro atoms. The summed E-state index contributed by atoms with van der Waals surface area (Å²) < 4.78 is 1.86. The van der Waals surface area contributed by atoms with E-state index in [1.807, 2.05) is 29.1 Å². The van der Waals surface area contributed by atoms with Crippen LogP contribution in [-0.4, -0.2) is 44.2 Å². The van der Waals surface area contributed by atoms with Gasteiger partial charge < -0.3 is 5.32 Å². The Morgan fingerprint density at radius 1 is 1.52 bits per heavy atom. The molecule has 1 aliphatic heterocycles. The first-order valence-electron chi connectivity index (χ1n) is 8.12. The van der Waals surface area contributed by atoms with E-state index in [1.165, 1.54) is 11.3 Å². The predicted molar refractivity (Wildman–Crippen MR) is 90.0 cm³/mol. The number of amides is 1. The van der Waals surface area contributed by atoms with Crippen molar-refractivity contribution in [3.63, 3.8) is 0 Å². The normalized spacial score (nSPS) is 20.3. The molecule has 2 aromatic heterocycles. The molecular weight excluding hydrogens is 310 g/mol. The molecule has 3 heterocycles. The zero-order valence-electron chi connectivity index (χ0n) is 13.4. The lowest BCUT2D eigenvalue weighted by molar-refractivity contribution is -0.127. The van der Waals surface area contributed by atoms with Gasteiger partial charge in [-0.05, 0) is 37.8 Å². The summed E-state index contributed by atoms with van der Waals surface area (Å²) in [5.74, 6) is 0.101. The second kappa shape index (κ2) is 7.70. The van der Waals surface area contributed by atoms with Crippen LogP contribution in [0.25, 0.3) is 0 Å². The molecule has 1 amide bonds. The van der Waals surface area contributed by atoms with Gasteiger partial charge in [-0.1, -0.05) is 12.5 Å². The van der Waals surface area contributed by atoms with Crippen LogP contribution < -0.4 is 5.32 Å². The molecule has 1 N–H and O–H groups in total. The third kappa shape index (κ3) is 4.17. The molecule has 7 heteroatoms. The summed E-state index contributed by atoms with van der Waals surface area (Å²) >= 11 is 1.67. The minimum absolute atomic E-state index is 0.101. The van der Waals surface area contributed by atoms with Gasteiger partial charge in [-0.2, -0.15) is 5.10 Å². The number of carbonyl (C=O) groups excluding carboxylic acids is 1. The predicted octanol–water partition coefficient (Wildman–Crippen LogP) is 1.90. The molecule has 0 aromatic carbocycles. The van der Waals surface area contributed by atoms with Crippen LogP contribution in [-0.2, 0) is 17.9 Å². The molecule has 2 atom stereocenters. The summed E-state index contributed by atoms with van der Waals surface area (Å²) in [6.45, 7) is 4.38. The molecule has 0 saturated carbocycles. The number of aromatic nitrogens is 3. The molecule has 1 saturated heterocycles. The van der Waals surface area contributed by atoms with Crippen molar-refractivity contribution in [1.82, 2.24) is 25.0 Å². The molecule has 124 valence electrons. The van der Waals surface area contributed by atoms with Gasteiger partial charge in [0.25, 0.3) is 0 Å². The summed E-state index contributed by atoms with van der Waals surface area (Å²) in [5, 5.41) is 9.29. The molecule has 0 bridgehead atoms. The number of hydrogen-bond donors (Lipinski definition) is 1. The summed E-state index contributed by atoms with van der Waals surface area (Å²) in [6.07, 6.45) is 6.76. The third-order valence-corrected chi connectivity index (χ3v) is 5.31. The summed E-state index contributed by atoms with van der Waals surface area (Å²) in [5.41, 5.74) is 0. The molecule has 0 unspecified atom stereocenters. The Balaban J connectivity index is 1.58. The lowest BCUT2D eigenvalue weighted by atomic mass is 9.99. The number of rotatable bonds is 6. The second-order valence-electron chi connectivity index (χ2n) is 5.98. The first-order valence-corrected chi connectivity index (χ1v) is 9.00. The van der Waals surface area contributed by atoms with Gasteiger partial charge in [-0.25, -0.2) is 4.98 Å². The van der Waals surface area contributed by atoms with Crippen molar-refractivity contribution >= 4 is 17.2 Å². The highest BCUT2D eigenvalue weighted by atomic mass is 32.1. The van der Waals surface area contributed by atoms with Crippen molar-refractivity contribution in [1.29, 1.82) is 0 Å². The molecule has 0 aliphatic carbocycles. The van der Waals surface area contributed by atoms with Crippen molar-refractivity contribution in [3.05, 3.63) is 35.0 Å². The minimum atomic E-state index is -0.121. The second-order valence-corrected chi connectivity index (χ2v) is 7.01.